The van der Waals surface area contributed by atoms with E-state index in [0.717, 1.165) is 0 Å². The van der Waals surface area contributed by atoms with E-state index in [2.05, 4.69) is 0 Å². The number of sulfone groups is 1. The van der Waals surface area contributed by atoms with Crippen LogP contribution in [0.25, 0.3) is 0 Å². The van der Waals surface area contributed by atoms with Crippen molar-refractivity contribution in [2.24, 2.45) is 11.3 Å². The van der Waals surface area contributed by atoms with E-state index in [-0.39, 0.29) is 35.2 Å². The first-order valence-electron chi connectivity index (χ1n) is 8.24. The molecule has 0 aliphatic carbocycles. The van der Waals surface area contributed by atoms with E-state index in [1.54, 1.807) is 12.1 Å². The molecule has 1 N–H and O–H groups in total. The highest BCUT2D eigenvalue weighted by Crippen LogP contribution is 2.43. The molecule has 0 radical (unpaired) electrons. The number of ether oxygens (including phenoxy) is 1. The van der Waals surface area contributed by atoms with Crippen LogP contribution in [0, 0.1) is 11.3 Å². The van der Waals surface area contributed by atoms with Gasteiger partial charge in [-0.3, -0.25) is 9.59 Å². The summed E-state index contributed by atoms with van der Waals surface area (Å²) < 4.78 is 29.9. The molecule has 1 amide bonds. The highest BCUT2D eigenvalue weighted by atomic mass is 32.2. The molecule has 2 fully saturated rings. The van der Waals surface area contributed by atoms with Crippen LogP contribution in [0.5, 0.6) is 0 Å². The minimum absolute atomic E-state index is 0.00185. The summed E-state index contributed by atoms with van der Waals surface area (Å²) in [5.74, 6) is -1.75. The van der Waals surface area contributed by atoms with Gasteiger partial charge < -0.3 is 14.7 Å². The molecule has 0 bridgehead atoms. The van der Waals surface area contributed by atoms with Gasteiger partial charge in [-0.05, 0) is 18.6 Å². The smallest absolute Gasteiger partial charge is 0.311 e. The van der Waals surface area contributed by atoms with Gasteiger partial charge in [0, 0.05) is 25.6 Å². The number of carbonyl (C=O) groups excluding carboxylic acids is 1. The van der Waals surface area contributed by atoms with Gasteiger partial charge >= 0.3 is 5.97 Å². The van der Waals surface area contributed by atoms with Gasteiger partial charge in [0.2, 0.25) is 0 Å². The highest BCUT2D eigenvalue weighted by Gasteiger charge is 2.55. The first-order chi connectivity index (χ1) is 11.8. The monoisotopic (exact) mass is 367 g/mol. The molecule has 2 saturated heterocycles. The third-order valence-corrected chi connectivity index (χ3v) is 7.04. The Balaban J connectivity index is 1.95. The molecule has 1 aromatic carbocycles. The van der Waals surface area contributed by atoms with Crippen molar-refractivity contribution in [3.05, 3.63) is 29.8 Å². The third-order valence-electron chi connectivity index (χ3n) is 5.25. The van der Waals surface area contributed by atoms with E-state index < -0.39 is 27.1 Å². The Morgan fingerprint density at radius 3 is 2.72 bits per heavy atom. The van der Waals surface area contributed by atoms with Crippen LogP contribution in [0.2, 0.25) is 0 Å². The molecule has 136 valence electrons. The quantitative estimate of drug-likeness (QED) is 0.853. The number of hydrogen-bond donors (Lipinski definition) is 1. The maximum absolute atomic E-state index is 13.0. The Morgan fingerprint density at radius 1 is 1.36 bits per heavy atom. The Bertz CT molecular complexity index is 805. The van der Waals surface area contributed by atoms with E-state index in [4.69, 9.17) is 4.74 Å². The zero-order valence-electron chi connectivity index (χ0n) is 14.0. The maximum Gasteiger partial charge on any atom is 0.311 e. The van der Waals surface area contributed by atoms with E-state index in [1.165, 1.54) is 24.0 Å². The van der Waals surface area contributed by atoms with Crippen LogP contribution in [0.15, 0.2) is 29.2 Å². The van der Waals surface area contributed by atoms with E-state index >= 15 is 0 Å². The largest absolute Gasteiger partial charge is 0.481 e. The second-order valence-corrected chi connectivity index (χ2v) is 8.82. The minimum atomic E-state index is -3.55. The summed E-state index contributed by atoms with van der Waals surface area (Å²) in [6.45, 7) is 2.51. The van der Waals surface area contributed by atoms with Crippen LogP contribution in [-0.2, 0) is 19.4 Å². The molecule has 2 aliphatic heterocycles. The molecule has 3 rings (SSSR count). The summed E-state index contributed by atoms with van der Waals surface area (Å²) in [5, 5.41) is 9.70. The van der Waals surface area contributed by atoms with Crippen LogP contribution in [0.1, 0.15) is 23.7 Å². The number of nitrogens with zero attached hydrogens (tertiary/aromatic N) is 1. The van der Waals surface area contributed by atoms with Crippen LogP contribution in [0.3, 0.4) is 0 Å². The summed E-state index contributed by atoms with van der Waals surface area (Å²) in [7, 11) is -3.55. The highest BCUT2D eigenvalue weighted by molar-refractivity contribution is 7.91. The minimum Gasteiger partial charge on any atom is -0.481 e. The number of rotatable bonds is 4. The molecule has 8 heteroatoms. The zero-order chi connectivity index (χ0) is 18.2. The number of carbonyl (C=O) groups is 2. The van der Waals surface area contributed by atoms with Crippen molar-refractivity contribution in [3.8, 4) is 0 Å². The summed E-state index contributed by atoms with van der Waals surface area (Å²) in [6, 6.07) is 6.10. The van der Waals surface area contributed by atoms with Gasteiger partial charge in [-0.25, -0.2) is 8.42 Å². The van der Waals surface area contributed by atoms with Crippen LogP contribution >= 0.6 is 0 Å². The molecule has 7 nitrogen and oxygen atoms in total. The van der Waals surface area contributed by atoms with Gasteiger partial charge in [0.1, 0.15) is 0 Å². The molecule has 1 aromatic rings. The Hall–Kier alpha value is -1.93. The summed E-state index contributed by atoms with van der Waals surface area (Å²) in [6.07, 6.45) is 0.353. The van der Waals surface area contributed by atoms with Gasteiger partial charge in [-0.15, -0.1) is 0 Å². The van der Waals surface area contributed by atoms with Crippen LogP contribution < -0.4 is 0 Å². The second kappa shape index (κ2) is 6.42. The first-order valence-corrected chi connectivity index (χ1v) is 9.89. The van der Waals surface area contributed by atoms with Crippen molar-refractivity contribution < 1.29 is 27.9 Å². The van der Waals surface area contributed by atoms with Crippen molar-refractivity contribution in [1.29, 1.82) is 0 Å². The van der Waals surface area contributed by atoms with Crippen molar-refractivity contribution in [1.82, 2.24) is 4.90 Å². The first kappa shape index (κ1) is 17.9. The van der Waals surface area contributed by atoms with Crippen molar-refractivity contribution >= 4 is 21.7 Å². The van der Waals surface area contributed by atoms with Crippen molar-refractivity contribution in [2.75, 3.05) is 32.1 Å². The predicted molar refractivity (Wildman–Crippen MR) is 89.1 cm³/mol. The number of benzene rings is 1. The zero-order valence-corrected chi connectivity index (χ0v) is 14.8. The lowest BCUT2D eigenvalue weighted by atomic mass is 9.74. The summed E-state index contributed by atoms with van der Waals surface area (Å²) >= 11 is 0. The molecule has 2 heterocycles. The lowest BCUT2D eigenvalue weighted by molar-refractivity contribution is -0.157. The predicted octanol–water partition coefficient (Wildman–Crippen LogP) is 1.04. The van der Waals surface area contributed by atoms with E-state index in [9.17, 15) is 23.1 Å². The number of carboxylic acids is 1. The normalized spacial score (nSPS) is 26.3. The number of fused-ring (bicyclic) bond motifs is 1. The number of likely N-dealkylation sites (tertiary alicyclic amines) is 1. The maximum atomic E-state index is 13.0. The average molecular weight is 367 g/mol. The van der Waals surface area contributed by atoms with E-state index in [1.807, 2.05) is 0 Å². The van der Waals surface area contributed by atoms with Gasteiger partial charge in [-0.1, -0.05) is 19.1 Å². The second-order valence-electron chi connectivity index (χ2n) is 6.57. The number of carboxylic acid groups (broad SMARTS) is 1. The summed E-state index contributed by atoms with van der Waals surface area (Å²) in [5.41, 5.74) is -0.906. The van der Waals surface area contributed by atoms with Gasteiger partial charge in [-0.2, -0.15) is 0 Å². The third kappa shape index (κ3) is 2.93. The topological polar surface area (TPSA) is 101 Å². The van der Waals surface area contributed by atoms with Gasteiger partial charge in [0.25, 0.3) is 5.91 Å². The van der Waals surface area contributed by atoms with Crippen LogP contribution in [-0.4, -0.2) is 62.4 Å². The Morgan fingerprint density at radius 2 is 2.08 bits per heavy atom. The van der Waals surface area contributed by atoms with Crippen molar-refractivity contribution in [3.63, 3.8) is 0 Å². The SMILES string of the molecule is CCS(=O)(=O)c1ccccc1C(=O)N1C[C@H]2COCC[C@@]2(C(=O)O)C1. The molecule has 2 atom stereocenters. The molecule has 0 aromatic heterocycles. The van der Waals surface area contributed by atoms with Gasteiger partial charge in [0.15, 0.2) is 9.84 Å². The Labute approximate surface area is 146 Å². The molecular weight excluding hydrogens is 346 g/mol. The van der Waals surface area contributed by atoms with E-state index in [0.29, 0.717) is 19.6 Å². The summed E-state index contributed by atoms with van der Waals surface area (Å²) in [4.78, 5) is 26.3. The van der Waals surface area contributed by atoms with Gasteiger partial charge in [0.05, 0.1) is 28.2 Å². The fraction of sp³-hybridized carbons (Fsp3) is 0.529. The van der Waals surface area contributed by atoms with Crippen molar-refractivity contribution in [2.45, 2.75) is 18.2 Å². The van der Waals surface area contributed by atoms with Crippen LogP contribution in [0.4, 0.5) is 0 Å². The standard InChI is InChI=1S/C17H21NO6S/c1-2-25(22,23)14-6-4-3-5-13(14)15(19)18-9-12-10-24-8-7-17(12,11-18)16(20)21/h3-6,12H,2,7-11H2,1H3,(H,20,21)/t12-,17+/m0/s1. The number of hydrogen-bond acceptors (Lipinski definition) is 5. The fourth-order valence-electron chi connectivity index (χ4n) is 3.69. The molecule has 2 aliphatic rings. The molecular formula is C17H21NO6S. The fourth-order valence-corrected chi connectivity index (χ4v) is 4.78. The average Bonchev–Trinajstić information content (AvgIpc) is 3.02. The molecule has 0 spiro atoms. The lowest BCUT2D eigenvalue weighted by Gasteiger charge is -2.33. The number of amides is 1. The lowest BCUT2D eigenvalue weighted by Crippen LogP contribution is -2.45. The molecule has 0 unspecified atom stereocenters. The Kier molecular flexibility index (Phi) is 4.59. The molecule has 0 saturated carbocycles. The molecule has 25 heavy (non-hydrogen) atoms. The number of aliphatic carboxylic acids is 1.